The van der Waals surface area contributed by atoms with Crippen molar-refractivity contribution >= 4 is 5.69 Å². The van der Waals surface area contributed by atoms with Crippen LogP contribution in [0.3, 0.4) is 0 Å². The minimum atomic E-state index is -0.200. The van der Waals surface area contributed by atoms with Crippen LogP contribution in [-0.4, -0.2) is 0 Å². The Balaban J connectivity index is 2.24. The van der Waals surface area contributed by atoms with Crippen LogP contribution in [0.2, 0.25) is 0 Å². The average molecular weight is 243 g/mol. The second-order valence-electron chi connectivity index (χ2n) is 4.71. The zero-order chi connectivity index (χ0) is 13.1. The molecule has 0 heterocycles. The number of rotatable bonds is 3. The fourth-order valence-corrected chi connectivity index (χ4v) is 2.05. The highest BCUT2D eigenvalue weighted by Crippen LogP contribution is 2.25. The van der Waals surface area contributed by atoms with E-state index in [1.165, 1.54) is 11.6 Å². The first-order valence-electron chi connectivity index (χ1n) is 6.16. The molecule has 1 unspecified atom stereocenters. The van der Waals surface area contributed by atoms with Gasteiger partial charge in [0.25, 0.3) is 0 Å². The second kappa shape index (κ2) is 5.21. The minimum absolute atomic E-state index is 0.0838. The Morgan fingerprint density at radius 1 is 1.06 bits per heavy atom. The number of benzene rings is 2. The summed E-state index contributed by atoms with van der Waals surface area (Å²) in [6.07, 6.45) is 0. The highest BCUT2D eigenvalue weighted by atomic mass is 19.1. The van der Waals surface area contributed by atoms with Crippen molar-refractivity contribution in [1.29, 1.82) is 0 Å². The van der Waals surface area contributed by atoms with E-state index in [1.807, 2.05) is 26.0 Å². The van der Waals surface area contributed by atoms with Gasteiger partial charge in [-0.1, -0.05) is 42.0 Å². The van der Waals surface area contributed by atoms with E-state index in [-0.39, 0.29) is 11.9 Å². The van der Waals surface area contributed by atoms with Crippen LogP contribution in [0, 0.1) is 19.7 Å². The molecule has 1 atom stereocenters. The van der Waals surface area contributed by atoms with Gasteiger partial charge in [-0.3, -0.25) is 0 Å². The van der Waals surface area contributed by atoms with Gasteiger partial charge in [-0.05, 0) is 38.0 Å². The van der Waals surface area contributed by atoms with Crippen LogP contribution in [0.4, 0.5) is 10.1 Å². The summed E-state index contributed by atoms with van der Waals surface area (Å²) in [5, 5.41) is 3.25. The molecule has 94 valence electrons. The van der Waals surface area contributed by atoms with Gasteiger partial charge in [0.05, 0.1) is 5.69 Å². The van der Waals surface area contributed by atoms with Gasteiger partial charge < -0.3 is 5.32 Å². The molecular weight excluding hydrogens is 225 g/mol. The van der Waals surface area contributed by atoms with E-state index in [1.54, 1.807) is 6.07 Å². The smallest absolute Gasteiger partial charge is 0.146 e. The molecule has 1 nitrogen and oxygen atoms in total. The highest BCUT2D eigenvalue weighted by molar-refractivity contribution is 5.53. The standard InChI is InChI=1S/C16H18FN/c1-11-6-4-8-14(10-11)13(3)18-16-12(2)7-5-9-15(16)17/h4-10,13,18H,1-3H3. The molecule has 1 N–H and O–H groups in total. The molecule has 2 rings (SSSR count). The van der Waals surface area contributed by atoms with Crippen molar-refractivity contribution in [1.82, 2.24) is 0 Å². The Bertz CT molecular complexity index is 528. The largest absolute Gasteiger partial charge is 0.376 e. The summed E-state index contributed by atoms with van der Waals surface area (Å²) in [6, 6.07) is 13.5. The number of nitrogens with one attached hydrogen (secondary N) is 1. The van der Waals surface area contributed by atoms with Gasteiger partial charge in [0.1, 0.15) is 5.82 Å². The molecule has 0 amide bonds. The third-order valence-electron chi connectivity index (χ3n) is 3.12. The molecule has 2 aromatic rings. The van der Waals surface area contributed by atoms with E-state index in [4.69, 9.17) is 0 Å². The number of anilines is 1. The van der Waals surface area contributed by atoms with E-state index in [9.17, 15) is 4.39 Å². The second-order valence-corrected chi connectivity index (χ2v) is 4.71. The van der Waals surface area contributed by atoms with Crippen LogP contribution >= 0.6 is 0 Å². The molecule has 0 saturated heterocycles. The first-order chi connectivity index (χ1) is 8.58. The molecule has 18 heavy (non-hydrogen) atoms. The zero-order valence-electron chi connectivity index (χ0n) is 11.0. The summed E-state index contributed by atoms with van der Waals surface area (Å²) >= 11 is 0. The summed E-state index contributed by atoms with van der Waals surface area (Å²) < 4.78 is 13.7. The fraction of sp³-hybridized carbons (Fsp3) is 0.250. The molecular formula is C16H18FN. The van der Waals surface area contributed by atoms with E-state index in [0.717, 1.165) is 11.1 Å². The summed E-state index contributed by atoms with van der Waals surface area (Å²) in [6.45, 7) is 6.01. The van der Waals surface area contributed by atoms with Crippen molar-refractivity contribution in [2.45, 2.75) is 26.8 Å². The number of hydrogen-bond acceptors (Lipinski definition) is 1. The summed E-state index contributed by atoms with van der Waals surface area (Å²) in [4.78, 5) is 0. The van der Waals surface area contributed by atoms with Crippen molar-refractivity contribution in [3.8, 4) is 0 Å². The van der Waals surface area contributed by atoms with Crippen molar-refractivity contribution in [2.75, 3.05) is 5.32 Å². The van der Waals surface area contributed by atoms with E-state index >= 15 is 0 Å². The Hall–Kier alpha value is -1.83. The molecule has 0 aromatic heterocycles. The van der Waals surface area contributed by atoms with Gasteiger partial charge in [0.15, 0.2) is 0 Å². The lowest BCUT2D eigenvalue weighted by atomic mass is 10.0. The molecule has 0 saturated carbocycles. The molecule has 2 aromatic carbocycles. The molecule has 0 aliphatic heterocycles. The normalized spacial score (nSPS) is 12.2. The van der Waals surface area contributed by atoms with Crippen LogP contribution < -0.4 is 5.32 Å². The van der Waals surface area contributed by atoms with Crippen LogP contribution in [0.5, 0.6) is 0 Å². The molecule has 2 heteroatoms. The molecule has 0 fully saturated rings. The van der Waals surface area contributed by atoms with Gasteiger partial charge in [-0.15, -0.1) is 0 Å². The van der Waals surface area contributed by atoms with E-state index in [2.05, 4.69) is 30.4 Å². The van der Waals surface area contributed by atoms with Crippen molar-refractivity contribution in [3.05, 3.63) is 65.0 Å². The molecule has 0 spiro atoms. The first-order valence-corrected chi connectivity index (χ1v) is 6.16. The van der Waals surface area contributed by atoms with E-state index in [0.29, 0.717) is 5.69 Å². The van der Waals surface area contributed by atoms with Crippen molar-refractivity contribution in [2.24, 2.45) is 0 Å². The molecule has 0 aliphatic rings. The predicted molar refractivity (Wildman–Crippen MR) is 74.4 cm³/mol. The lowest BCUT2D eigenvalue weighted by molar-refractivity contribution is 0.626. The summed E-state index contributed by atoms with van der Waals surface area (Å²) in [7, 11) is 0. The van der Waals surface area contributed by atoms with Gasteiger partial charge in [-0.2, -0.15) is 0 Å². The van der Waals surface area contributed by atoms with E-state index < -0.39 is 0 Å². The summed E-state index contributed by atoms with van der Waals surface area (Å²) in [5.41, 5.74) is 3.89. The lowest BCUT2D eigenvalue weighted by Gasteiger charge is -2.18. The Kier molecular flexibility index (Phi) is 3.66. The SMILES string of the molecule is Cc1cccc(C(C)Nc2c(C)cccc2F)c1. The number of halogens is 1. The topological polar surface area (TPSA) is 12.0 Å². The number of aryl methyl sites for hydroxylation is 2. The Labute approximate surface area is 108 Å². The maximum absolute atomic E-state index is 13.7. The van der Waals surface area contributed by atoms with Crippen molar-refractivity contribution < 1.29 is 4.39 Å². The first kappa shape index (κ1) is 12.6. The van der Waals surface area contributed by atoms with Crippen molar-refractivity contribution in [3.63, 3.8) is 0 Å². The maximum atomic E-state index is 13.7. The highest BCUT2D eigenvalue weighted by Gasteiger charge is 2.10. The van der Waals surface area contributed by atoms with Gasteiger partial charge >= 0.3 is 0 Å². The van der Waals surface area contributed by atoms with Crippen LogP contribution in [0.25, 0.3) is 0 Å². The third-order valence-corrected chi connectivity index (χ3v) is 3.12. The number of hydrogen-bond donors (Lipinski definition) is 1. The quantitative estimate of drug-likeness (QED) is 0.829. The molecule has 0 radical (unpaired) electrons. The lowest BCUT2D eigenvalue weighted by Crippen LogP contribution is -2.09. The molecule has 0 aliphatic carbocycles. The minimum Gasteiger partial charge on any atom is -0.376 e. The van der Waals surface area contributed by atoms with Crippen LogP contribution in [0.1, 0.15) is 29.7 Å². The summed E-state index contributed by atoms with van der Waals surface area (Å²) in [5.74, 6) is -0.200. The van der Waals surface area contributed by atoms with Gasteiger partial charge in [0.2, 0.25) is 0 Å². The molecule has 0 bridgehead atoms. The third kappa shape index (κ3) is 2.70. The van der Waals surface area contributed by atoms with Crippen LogP contribution in [-0.2, 0) is 0 Å². The Morgan fingerprint density at radius 2 is 1.78 bits per heavy atom. The number of para-hydroxylation sites is 1. The van der Waals surface area contributed by atoms with Crippen LogP contribution in [0.15, 0.2) is 42.5 Å². The fourth-order valence-electron chi connectivity index (χ4n) is 2.05. The predicted octanol–water partition coefficient (Wildman–Crippen LogP) is 4.62. The Morgan fingerprint density at radius 3 is 2.44 bits per heavy atom. The van der Waals surface area contributed by atoms with Gasteiger partial charge in [-0.25, -0.2) is 4.39 Å². The van der Waals surface area contributed by atoms with Gasteiger partial charge in [0, 0.05) is 6.04 Å². The zero-order valence-corrected chi connectivity index (χ0v) is 11.0. The monoisotopic (exact) mass is 243 g/mol. The maximum Gasteiger partial charge on any atom is 0.146 e. The average Bonchev–Trinajstić information content (AvgIpc) is 2.34.